The van der Waals surface area contributed by atoms with E-state index < -0.39 is 0 Å². The molecule has 3 aromatic rings. The van der Waals surface area contributed by atoms with Gasteiger partial charge in [-0.25, -0.2) is 4.98 Å². The lowest BCUT2D eigenvalue weighted by Crippen LogP contribution is -2.20. The maximum atomic E-state index is 12.1. The quantitative estimate of drug-likeness (QED) is 0.595. The molecule has 134 valence electrons. The van der Waals surface area contributed by atoms with Crippen molar-refractivity contribution in [1.82, 2.24) is 4.98 Å². The monoisotopic (exact) mass is 432 g/mol. The topological polar surface area (TPSA) is 60.5 Å². The first-order valence-electron chi connectivity index (χ1n) is 7.89. The Bertz CT molecular complexity index is 881. The molecule has 2 aromatic carbocycles. The predicted molar refractivity (Wildman–Crippen MR) is 106 cm³/mol. The van der Waals surface area contributed by atoms with Gasteiger partial charge < -0.3 is 9.47 Å². The SMILES string of the molecule is COc1ccccc1OCC(=O)Nc1ncc(Cc2ccc(Br)cc2)s1. The summed E-state index contributed by atoms with van der Waals surface area (Å²) in [4.78, 5) is 17.4. The van der Waals surface area contributed by atoms with Crippen LogP contribution in [0.3, 0.4) is 0 Å². The normalized spacial score (nSPS) is 10.4. The summed E-state index contributed by atoms with van der Waals surface area (Å²) >= 11 is 4.88. The summed E-state index contributed by atoms with van der Waals surface area (Å²) in [5.74, 6) is 0.854. The molecule has 0 atom stereocenters. The molecule has 26 heavy (non-hydrogen) atoms. The lowest BCUT2D eigenvalue weighted by atomic mass is 10.1. The molecule has 0 radical (unpaired) electrons. The van der Waals surface area contributed by atoms with Crippen molar-refractivity contribution in [2.45, 2.75) is 6.42 Å². The molecule has 0 saturated heterocycles. The van der Waals surface area contributed by atoms with Gasteiger partial charge in [0.15, 0.2) is 23.2 Å². The zero-order valence-corrected chi connectivity index (χ0v) is 16.5. The fraction of sp³-hybridized carbons (Fsp3) is 0.158. The third kappa shape index (κ3) is 5.06. The number of methoxy groups -OCH3 is 1. The first kappa shape index (κ1) is 18.4. The van der Waals surface area contributed by atoms with Gasteiger partial charge in [-0.3, -0.25) is 10.1 Å². The molecule has 0 spiro atoms. The molecule has 1 N–H and O–H groups in total. The van der Waals surface area contributed by atoms with Crippen LogP contribution in [0.2, 0.25) is 0 Å². The van der Waals surface area contributed by atoms with Gasteiger partial charge in [0.25, 0.3) is 5.91 Å². The van der Waals surface area contributed by atoms with Gasteiger partial charge in [-0.15, -0.1) is 11.3 Å². The number of benzene rings is 2. The third-order valence-electron chi connectivity index (χ3n) is 3.52. The Labute approximate surface area is 164 Å². The summed E-state index contributed by atoms with van der Waals surface area (Å²) in [6.07, 6.45) is 2.56. The Morgan fingerprint density at radius 3 is 2.62 bits per heavy atom. The Kier molecular flexibility index (Phi) is 6.25. The van der Waals surface area contributed by atoms with Crippen LogP contribution in [0.1, 0.15) is 10.4 Å². The molecule has 0 fully saturated rings. The van der Waals surface area contributed by atoms with E-state index in [2.05, 4.69) is 38.4 Å². The highest BCUT2D eigenvalue weighted by Gasteiger charge is 2.10. The number of nitrogens with one attached hydrogen (secondary N) is 1. The Morgan fingerprint density at radius 1 is 1.15 bits per heavy atom. The van der Waals surface area contributed by atoms with Crippen molar-refractivity contribution in [1.29, 1.82) is 0 Å². The van der Waals surface area contributed by atoms with Crippen molar-refractivity contribution in [2.75, 3.05) is 19.0 Å². The molecule has 0 unspecified atom stereocenters. The second kappa shape index (κ2) is 8.82. The molecule has 0 aliphatic heterocycles. The minimum absolute atomic E-state index is 0.109. The Morgan fingerprint density at radius 2 is 1.88 bits per heavy atom. The molecule has 0 bridgehead atoms. The number of hydrogen-bond donors (Lipinski definition) is 1. The van der Waals surface area contributed by atoms with Gasteiger partial charge >= 0.3 is 0 Å². The fourth-order valence-electron chi connectivity index (χ4n) is 2.29. The van der Waals surface area contributed by atoms with Gasteiger partial charge in [0.1, 0.15) is 0 Å². The van der Waals surface area contributed by atoms with Crippen LogP contribution in [0.15, 0.2) is 59.2 Å². The molecule has 3 rings (SSSR count). The molecule has 1 heterocycles. The summed E-state index contributed by atoms with van der Waals surface area (Å²) in [6.45, 7) is -0.109. The van der Waals surface area contributed by atoms with Gasteiger partial charge in [0.05, 0.1) is 7.11 Å². The van der Waals surface area contributed by atoms with Crippen molar-refractivity contribution >= 4 is 38.3 Å². The summed E-state index contributed by atoms with van der Waals surface area (Å²) in [7, 11) is 1.56. The number of anilines is 1. The molecule has 0 aliphatic carbocycles. The number of thiazole rings is 1. The van der Waals surface area contributed by atoms with Crippen LogP contribution in [0, 0.1) is 0 Å². The number of amides is 1. The number of carbonyl (C=O) groups excluding carboxylic acids is 1. The van der Waals surface area contributed by atoms with Crippen molar-refractivity contribution < 1.29 is 14.3 Å². The van der Waals surface area contributed by atoms with Crippen LogP contribution in [0.25, 0.3) is 0 Å². The van der Waals surface area contributed by atoms with Crippen molar-refractivity contribution in [3.05, 3.63) is 69.6 Å². The molecule has 1 amide bonds. The Balaban J connectivity index is 1.53. The predicted octanol–water partition coefficient (Wildman–Crippen LogP) is 4.52. The molecular weight excluding hydrogens is 416 g/mol. The van der Waals surface area contributed by atoms with E-state index in [9.17, 15) is 4.79 Å². The van der Waals surface area contributed by atoms with Crippen LogP contribution in [-0.4, -0.2) is 24.6 Å². The van der Waals surface area contributed by atoms with Gasteiger partial charge in [-0.05, 0) is 29.8 Å². The van der Waals surface area contributed by atoms with E-state index in [4.69, 9.17) is 9.47 Å². The zero-order chi connectivity index (χ0) is 18.4. The summed E-state index contributed by atoms with van der Waals surface area (Å²) in [5, 5.41) is 3.32. The van der Waals surface area contributed by atoms with Crippen LogP contribution < -0.4 is 14.8 Å². The van der Waals surface area contributed by atoms with E-state index in [1.165, 1.54) is 16.9 Å². The van der Waals surface area contributed by atoms with Crippen LogP contribution in [-0.2, 0) is 11.2 Å². The molecule has 0 aliphatic rings. The zero-order valence-electron chi connectivity index (χ0n) is 14.1. The van der Waals surface area contributed by atoms with E-state index in [-0.39, 0.29) is 12.5 Å². The molecule has 7 heteroatoms. The van der Waals surface area contributed by atoms with Gasteiger partial charge in [-0.2, -0.15) is 0 Å². The highest BCUT2D eigenvalue weighted by molar-refractivity contribution is 9.10. The highest BCUT2D eigenvalue weighted by atomic mass is 79.9. The lowest BCUT2D eigenvalue weighted by molar-refractivity contribution is -0.118. The van der Waals surface area contributed by atoms with E-state index in [0.29, 0.717) is 16.6 Å². The number of para-hydroxylation sites is 2. The first-order valence-corrected chi connectivity index (χ1v) is 9.50. The minimum atomic E-state index is -0.263. The number of nitrogens with zero attached hydrogens (tertiary/aromatic N) is 1. The first-order chi connectivity index (χ1) is 12.6. The van der Waals surface area contributed by atoms with Crippen molar-refractivity contribution in [3.8, 4) is 11.5 Å². The highest BCUT2D eigenvalue weighted by Crippen LogP contribution is 2.26. The lowest BCUT2D eigenvalue weighted by Gasteiger charge is -2.09. The standard InChI is InChI=1S/C19H17BrN2O3S/c1-24-16-4-2-3-5-17(16)25-12-18(23)22-19-21-11-15(26-19)10-13-6-8-14(20)9-7-13/h2-9,11H,10,12H2,1H3,(H,21,22,23). The summed E-state index contributed by atoms with van der Waals surface area (Å²) in [6, 6.07) is 15.3. The number of carbonyl (C=O) groups is 1. The van der Waals surface area contributed by atoms with Crippen LogP contribution >= 0.6 is 27.3 Å². The fourth-order valence-corrected chi connectivity index (χ4v) is 3.41. The molecule has 0 saturated carbocycles. The van der Waals surface area contributed by atoms with E-state index in [1.807, 2.05) is 24.3 Å². The second-order valence-corrected chi connectivity index (χ2v) is 7.45. The molecular formula is C19H17BrN2O3S. The van der Waals surface area contributed by atoms with Crippen LogP contribution in [0.4, 0.5) is 5.13 Å². The third-order valence-corrected chi connectivity index (χ3v) is 4.96. The summed E-state index contributed by atoms with van der Waals surface area (Å²) in [5.41, 5.74) is 1.19. The second-order valence-electron chi connectivity index (χ2n) is 5.42. The summed E-state index contributed by atoms with van der Waals surface area (Å²) < 4.78 is 11.8. The maximum Gasteiger partial charge on any atom is 0.264 e. The largest absolute Gasteiger partial charge is 0.493 e. The number of ether oxygens (including phenoxy) is 2. The van der Waals surface area contributed by atoms with E-state index in [0.717, 1.165) is 15.8 Å². The molecule has 5 nitrogen and oxygen atoms in total. The van der Waals surface area contributed by atoms with Crippen LogP contribution in [0.5, 0.6) is 11.5 Å². The van der Waals surface area contributed by atoms with E-state index >= 15 is 0 Å². The number of hydrogen-bond acceptors (Lipinski definition) is 5. The number of rotatable bonds is 7. The number of aromatic nitrogens is 1. The molecule has 1 aromatic heterocycles. The smallest absolute Gasteiger partial charge is 0.264 e. The van der Waals surface area contributed by atoms with E-state index in [1.54, 1.807) is 25.4 Å². The van der Waals surface area contributed by atoms with Gasteiger partial charge in [0.2, 0.25) is 0 Å². The van der Waals surface area contributed by atoms with Gasteiger partial charge in [0, 0.05) is 22.0 Å². The van der Waals surface area contributed by atoms with Crippen molar-refractivity contribution in [3.63, 3.8) is 0 Å². The average Bonchev–Trinajstić information content (AvgIpc) is 3.09. The van der Waals surface area contributed by atoms with Crippen molar-refractivity contribution in [2.24, 2.45) is 0 Å². The van der Waals surface area contributed by atoms with Gasteiger partial charge in [-0.1, -0.05) is 40.2 Å². The number of halogens is 1. The average molecular weight is 433 g/mol. The Hall–Kier alpha value is -2.38. The minimum Gasteiger partial charge on any atom is -0.493 e. The maximum absolute atomic E-state index is 12.1.